The quantitative estimate of drug-likeness (QED) is 0.671. The lowest BCUT2D eigenvalue weighted by Gasteiger charge is -2.11. The smallest absolute Gasteiger partial charge is 0.0823 e. The normalized spacial score (nSPS) is 27.2. The Morgan fingerprint density at radius 1 is 1.42 bits per heavy atom. The van der Waals surface area contributed by atoms with Crippen LogP contribution in [-0.2, 0) is 6.42 Å². The first-order valence-corrected chi connectivity index (χ1v) is 4.58. The Hall–Kier alpha value is -0.820. The van der Waals surface area contributed by atoms with Gasteiger partial charge in [0.1, 0.15) is 0 Å². The lowest BCUT2D eigenvalue weighted by atomic mass is 10.0. The van der Waals surface area contributed by atoms with E-state index in [0.717, 1.165) is 18.4 Å². The average molecular weight is 162 g/mol. The van der Waals surface area contributed by atoms with Crippen LogP contribution >= 0.6 is 0 Å². The van der Waals surface area contributed by atoms with E-state index < -0.39 is 0 Å². The average Bonchev–Trinajstić information content (AvgIpc) is 2.44. The lowest BCUT2D eigenvalue weighted by molar-refractivity contribution is 0.121. The number of aliphatic hydroxyl groups excluding tert-OH is 1. The van der Waals surface area contributed by atoms with Gasteiger partial charge in [0, 0.05) is 0 Å². The molecule has 1 aliphatic carbocycles. The highest BCUT2D eigenvalue weighted by atomic mass is 16.3. The molecule has 1 aromatic rings. The van der Waals surface area contributed by atoms with Crippen LogP contribution in [0.4, 0.5) is 0 Å². The van der Waals surface area contributed by atoms with Gasteiger partial charge in [0.25, 0.3) is 0 Å². The van der Waals surface area contributed by atoms with Crippen molar-refractivity contribution in [3.8, 4) is 0 Å². The van der Waals surface area contributed by atoms with Crippen molar-refractivity contribution in [1.82, 2.24) is 0 Å². The van der Waals surface area contributed by atoms with Crippen molar-refractivity contribution in [2.24, 2.45) is 5.92 Å². The van der Waals surface area contributed by atoms with Gasteiger partial charge in [-0.3, -0.25) is 0 Å². The number of hydrogen-bond acceptors (Lipinski definition) is 1. The summed E-state index contributed by atoms with van der Waals surface area (Å²) in [6, 6.07) is 8.20. The monoisotopic (exact) mass is 162 g/mol. The van der Waals surface area contributed by atoms with E-state index in [2.05, 4.69) is 13.0 Å². The molecule has 64 valence electrons. The molecule has 0 aliphatic heterocycles. The third kappa shape index (κ3) is 1.05. The van der Waals surface area contributed by atoms with Gasteiger partial charge in [0.15, 0.2) is 0 Å². The maximum Gasteiger partial charge on any atom is 0.0823 e. The summed E-state index contributed by atoms with van der Waals surface area (Å²) in [6.07, 6.45) is 1.90. The van der Waals surface area contributed by atoms with Gasteiger partial charge >= 0.3 is 0 Å². The van der Waals surface area contributed by atoms with Crippen LogP contribution in [0.15, 0.2) is 24.3 Å². The number of hydrogen-bond donors (Lipinski definition) is 1. The highest BCUT2D eigenvalue weighted by molar-refractivity contribution is 5.34. The molecule has 0 heterocycles. The largest absolute Gasteiger partial charge is 0.388 e. The molecule has 12 heavy (non-hydrogen) atoms. The second kappa shape index (κ2) is 2.91. The van der Waals surface area contributed by atoms with Gasteiger partial charge in [-0.05, 0) is 23.5 Å². The van der Waals surface area contributed by atoms with Crippen molar-refractivity contribution >= 4 is 0 Å². The van der Waals surface area contributed by atoms with Gasteiger partial charge in [0.05, 0.1) is 6.10 Å². The Morgan fingerprint density at radius 3 is 2.83 bits per heavy atom. The molecule has 0 saturated carbocycles. The van der Waals surface area contributed by atoms with Gasteiger partial charge in [-0.1, -0.05) is 37.6 Å². The molecule has 0 fully saturated rings. The molecule has 1 aliphatic rings. The second-order valence-corrected chi connectivity index (χ2v) is 3.52. The molecule has 0 saturated heterocycles. The van der Waals surface area contributed by atoms with Crippen molar-refractivity contribution in [2.45, 2.75) is 25.9 Å². The fourth-order valence-electron chi connectivity index (χ4n) is 2.02. The molecule has 1 N–H and O–H groups in total. The number of rotatable bonds is 1. The topological polar surface area (TPSA) is 20.2 Å². The predicted molar refractivity (Wildman–Crippen MR) is 48.9 cm³/mol. The van der Waals surface area contributed by atoms with Gasteiger partial charge in [-0.15, -0.1) is 0 Å². The molecular weight excluding hydrogens is 148 g/mol. The zero-order valence-electron chi connectivity index (χ0n) is 7.33. The molecule has 0 radical (unpaired) electrons. The molecule has 2 rings (SSSR count). The molecule has 0 amide bonds. The second-order valence-electron chi connectivity index (χ2n) is 3.52. The highest BCUT2D eigenvalue weighted by Crippen LogP contribution is 2.37. The first kappa shape index (κ1) is 7.81. The Kier molecular flexibility index (Phi) is 1.89. The minimum absolute atomic E-state index is 0.216. The third-order valence-corrected chi connectivity index (χ3v) is 2.83. The first-order chi connectivity index (χ1) is 5.83. The van der Waals surface area contributed by atoms with E-state index in [9.17, 15) is 5.11 Å². The van der Waals surface area contributed by atoms with Crippen molar-refractivity contribution in [1.29, 1.82) is 0 Å². The van der Waals surface area contributed by atoms with Gasteiger partial charge in [0.2, 0.25) is 0 Å². The predicted octanol–water partition coefficient (Wildman–Crippen LogP) is 2.30. The fourth-order valence-corrected chi connectivity index (χ4v) is 2.02. The zero-order valence-corrected chi connectivity index (χ0v) is 7.33. The summed E-state index contributed by atoms with van der Waals surface area (Å²) in [5.74, 6) is 0.447. The summed E-state index contributed by atoms with van der Waals surface area (Å²) in [4.78, 5) is 0. The molecule has 1 nitrogen and oxygen atoms in total. The standard InChI is InChI=1S/C11H14O/c1-2-8-7-9-5-3-4-6-10(9)11(8)12/h3-6,8,11-12H,2,7H2,1H3. The lowest BCUT2D eigenvalue weighted by Crippen LogP contribution is -2.04. The van der Waals surface area contributed by atoms with Crippen LogP contribution < -0.4 is 0 Å². The van der Waals surface area contributed by atoms with Crippen LogP contribution in [0.3, 0.4) is 0 Å². The molecule has 0 spiro atoms. The minimum Gasteiger partial charge on any atom is -0.388 e. The van der Waals surface area contributed by atoms with Crippen LogP contribution in [0.2, 0.25) is 0 Å². The van der Waals surface area contributed by atoms with Crippen molar-refractivity contribution in [3.05, 3.63) is 35.4 Å². The van der Waals surface area contributed by atoms with E-state index in [1.807, 2.05) is 18.2 Å². The molecule has 0 aromatic heterocycles. The first-order valence-electron chi connectivity index (χ1n) is 4.58. The Labute approximate surface area is 73.0 Å². The van der Waals surface area contributed by atoms with Crippen LogP contribution in [-0.4, -0.2) is 5.11 Å². The molecule has 2 unspecified atom stereocenters. The third-order valence-electron chi connectivity index (χ3n) is 2.83. The summed E-state index contributed by atoms with van der Waals surface area (Å²) in [7, 11) is 0. The van der Waals surface area contributed by atoms with Crippen LogP contribution in [0, 0.1) is 5.92 Å². The van der Waals surface area contributed by atoms with E-state index in [1.165, 1.54) is 5.56 Å². The summed E-state index contributed by atoms with van der Waals surface area (Å²) < 4.78 is 0. The van der Waals surface area contributed by atoms with Gasteiger partial charge < -0.3 is 5.11 Å². The summed E-state index contributed by atoms with van der Waals surface area (Å²) in [5, 5.41) is 9.84. The van der Waals surface area contributed by atoms with E-state index in [-0.39, 0.29) is 6.10 Å². The van der Waals surface area contributed by atoms with E-state index >= 15 is 0 Å². The van der Waals surface area contributed by atoms with E-state index in [1.54, 1.807) is 0 Å². The molecular formula is C11H14O. The van der Waals surface area contributed by atoms with Gasteiger partial charge in [-0.25, -0.2) is 0 Å². The van der Waals surface area contributed by atoms with Crippen LogP contribution in [0.1, 0.15) is 30.6 Å². The Balaban J connectivity index is 2.35. The molecule has 2 atom stereocenters. The summed E-state index contributed by atoms with van der Waals surface area (Å²) in [6.45, 7) is 2.14. The summed E-state index contributed by atoms with van der Waals surface area (Å²) >= 11 is 0. The van der Waals surface area contributed by atoms with Crippen molar-refractivity contribution in [3.63, 3.8) is 0 Å². The number of fused-ring (bicyclic) bond motifs is 1. The van der Waals surface area contributed by atoms with Crippen LogP contribution in [0.5, 0.6) is 0 Å². The fraction of sp³-hybridized carbons (Fsp3) is 0.455. The molecule has 1 heteroatoms. The Bertz CT molecular complexity index is 280. The van der Waals surface area contributed by atoms with E-state index in [0.29, 0.717) is 5.92 Å². The molecule has 0 bridgehead atoms. The summed E-state index contributed by atoms with van der Waals surface area (Å²) in [5.41, 5.74) is 2.47. The van der Waals surface area contributed by atoms with E-state index in [4.69, 9.17) is 0 Å². The highest BCUT2D eigenvalue weighted by Gasteiger charge is 2.28. The minimum atomic E-state index is -0.216. The number of benzene rings is 1. The molecule has 1 aromatic carbocycles. The zero-order chi connectivity index (χ0) is 8.55. The van der Waals surface area contributed by atoms with Crippen molar-refractivity contribution in [2.75, 3.05) is 0 Å². The van der Waals surface area contributed by atoms with Gasteiger partial charge in [-0.2, -0.15) is 0 Å². The maximum atomic E-state index is 9.84. The maximum absolute atomic E-state index is 9.84. The van der Waals surface area contributed by atoms with Crippen LogP contribution in [0.25, 0.3) is 0 Å². The Morgan fingerprint density at radius 2 is 2.17 bits per heavy atom. The van der Waals surface area contributed by atoms with Crippen molar-refractivity contribution < 1.29 is 5.11 Å². The SMILES string of the molecule is CCC1Cc2ccccc2C1O. The number of aliphatic hydroxyl groups is 1.